The van der Waals surface area contributed by atoms with E-state index in [0.29, 0.717) is 30.3 Å². The molecule has 9 nitrogen and oxygen atoms in total. The minimum Gasteiger partial charge on any atom is -0.350 e. The molecule has 1 amide bonds. The van der Waals surface area contributed by atoms with Gasteiger partial charge in [0.1, 0.15) is 6.33 Å². The van der Waals surface area contributed by atoms with Crippen LogP contribution in [0.4, 0.5) is 0 Å². The summed E-state index contributed by atoms with van der Waals surface area (Å²) in [5.41, 5.74) is 2.00. The summed E-state index contributed by atoms with van der Waals surface area (Å²) in [7, 11) is 0. The Morgan fingerprint density at radius 3 is 2.79 bits per heavy atom. The van der Waals surface area contributed by atoms with Gasteiger partial charge in [-0.3, -0.25) is 14.2 Å². The van der Waals surface area contributed by atoms with Crippen molar-refractivity contribution < 1.29 is 4.79 Å². The van der Waals surface area contributed by atoms with Gasteiger partial charge in [-0.15, -0.1) is 5.10 Å². The Morgan fingerprint density at radius 2 is 2.04 bits per heavy atom. The molecule has 0 radical (unpaired) electrons. The van der Waals surface area contributed by atoms with E-state index in [1.165, 1.54) is 28.4 Å². The van der Waals surface area contributed by atoms with Crippen molar-refractivity contribution in [1.82, 2.24) is 35.1 Å². The summed E-state index contributed by atoms with van der Waals surface area (Å²) in [6, 6.07) is 8.63. The number of carbonyl (C=O) groups is 1. The average Bonchev–Trinajstić information content (AvgIpc) is 3.43. The summed E-state index contributed by atoms with van der Waals surface area (Å²) in [6.45, 7) is 0.702. The smallest absolute Gasteiger partial charge is 0.253 e. The van der Waals surface area contributed by atoms with Gasteiger partial charge < -0.3 is 5.32 Å². The minimum atomic E-state index is -0.224. The molecule has 0 aliphatic heterocycles. The molecule has 9 heteroatoms. The normalized spacial score (nSPS) is 14.3. The maximum atomic E-state index is 12.4. The van der Waals surface area contributed by atoms with Crippen LogP contribution < -0.4 is 10.9 Å². The number of hydrogen-bond acceptors (Lipinski definition) is 6. The molecule has 144 valence electrons. The second-order valence-corrected chi connectivity index (χ2v) is 6.89. The number of nitrogens with one attached hydrogen (secondary N) is 1. The topological polar surface area (TPSA) is 108 Å². The lowest BCUT2D eigenvalue weighted by molar-refractivity contribution is 0.0952. The molecule has 0 atom stereocenters. The molecule has 1 fully saturated rings. The van der Waals surface area contributed by atoms with Crippen molar-refractivity contribution in [3.63, 3.8) is 0 Å². The summed E-state index contributed by atoms with van der Waals surface area (Å²) in [5, 5.41) is 13.8. The number of rotatable bonds is 6. The van der Waals surface area contributed by atoms with E-state index >= 15 is 0 Å². The Balaban J connectivity index is 1.35. The van der Waals surface area contributed by atoms with E-state index in [4.69, 9.17) is 0 Å². The molecule has 2 heterocycles. The number of benzene rings is 1. The molecule has 4 rings (SSSR count). The monoisotopic (exact) mass is 379 g/mol. The summed E-state index contributed by atoms with van der Waals surface area (Å²) in [4.78, 5) is 29.1. The van der Waals surface area contributed by atoms with E-state index in [2.05, 4.69) is 25.8 Å². The van der Waals surface area contributed by atoms with Crippen molar-refractivity contribution in [2.75, 3.05) is 6.54 Å². The van der Waals surface area contributed by atoms with Gasteiger partial charge in [0.2, 0.25) is 0 Å². The maximum absolute atomic E-state index is 12.4. The van der Waals surface area contributed by atoms with E-state index < -0.39 is 0 Å². The van der Waals surface area contributed by atoms with Crippen molar-refractivity contribution in [3.8, 4) is 5.69 Å². The van der Waals surface area contributed by atoms with E-state index in [0.717, 1.165) is 18.5 Å². The van der Waals surface area contributed by atoms with Crippen molar-refractivity contribution >= 4 is 5.91 Å². The van der Waals surface area contributed by atoms with Crippen LogP contribution in [0.25, 0.3) is 5.69 Å². The van der Waals surface area contributed by atoms with Crippen molar-refractivity contribution in [2.24, 2.45) is 0 Å². The van der Waals surface area contributed by atoms with E-state index in [1.807, 2.05) is 6.07 Å². The van der Waals surface area contributed by atoms with Crippen LogP contribution in [0.1, 0.15) is 47.7 Å². The molecule has 0 saturated heterocycles. The zero-order valence-electron chi connectivity index (χ0n) is 15.4. The molecule has 1 aliphatic rings. The fraction of sp³-hybridized carbons (Fsp3) is 0.368. The third-order valence-corrected chi connectivity index (χ3v) is 5.03. The maximum Gasteiger partial charge on any atom is 0.253 e. The van der Waals surface area contributed by atoms with Gasteiger partial charge in [-0.25, -0.2) is 9.67 Å². The standard InChI is InChI=1S/C19H21N7O2/c27-18-11-17(14-4-1-2-5-14)21-12-25(18)9-8-20-19(28)15-6-3-7-16(10-15)26-13-22-23-24-26/h3,6-7,10-14H,1-2,4-5,8-9H2,(H,20,28). The molecule has 3 aromatic rings. The number of nitrogens with zero attached hydrogens (tertiary/aromatic N) is 6. The highest BCUT2D eigenvalue weighted by Gasteiger charge is 2.19. The first-order chi connectivity index (χ1) is 13.7. The molecule has 28 heavy (non-hydrogen) atoms. The summed E-state index contributed by atoms with van der Waals surface area (Å²) in [6.07, 6.45) is 7.67. The number of tetrazole rings is 1. The quantitative estimate of drug-likeness (QED) is 0.692. The number of amides is 1. The molecular formula is C19H21N7O2. The van der Waals surface area contributed by atoms with Crippen LogP contribution in [0, 0.1) is 0 Å². The van der Waals surface area contributed by atoms with Gasteiger partial charge in [0.25, 0.3) is 11.5 Å². The third kappa shape index (κ3) is 3.98. The predicted molar refractivity (Wildman–Crippen MR) is 101 cm³/mol. The van der Waals surface area contributed by atoms with E-state index in [1.54, 1.807) is 30.6 Å². The van der Waals surface area contributed by atoms with Gasteiger partial charge in [0.05, 0.1) is 17.7 Å². The molecule has 1 aliphatic carbocycles. The molecule has 1 saturated carbocycles. The molecule has 1 N–H and O–H groups in total. The summed E-state index contributed by atoms with van der Waals surface area (Å²) in [5.74, 6) is 0.188. The predicted octanol–water partition coefficient (Wildman–Crippen LogP) is 1.31. The number of carbonyl (C=O) groups excluding carboxylic acids is 1. The Hall–Kier alpha value is -3.36. The van der Waals surface area contributed by atoms with Crippen LogP contribution in [-0.4, -0.2) is 42.2 Å². The van der Waals surface area contributed by atoms with E-state index in [9.17, 15) is 9.59 Å². The summed E-state index contributed by atoms with van der Waals surface area (Å²) >= 11 is 0. The van der Waals surface area contributed by atoms with Crippen molar-refractivity contribution in [1.29, 1.82) is 0 Å². The van der Waals surface area contributed by atoms with Gasteiger partial charge in [-0.1, -0.05) is 18.9 Å². The van der Waals surface area contributed by atoms with Gasteiger partial charge in [0.15, 0.2) is 0 Å². The van der Waals surface area contributed by atoms with Crippen LogP contribution >= 0.6 is 0 Å². The van der Waals surface area contributed by atoms with Gasteiger partial charge in [-0.05, 0) is 41.5 Å². The molecular weight excluding hydrogens is 358 g/mol. The zero-order chi connectivity index (χ0) is 19.3. The Morgan fingerprint density at radius 1 is 1.18 bits per heavy atom. The molecule has 2 aromatic heterocycles. The first kappa shape index (κ1) is 18.0. The minimum absolute atomic E-state index is 0.0770. The highest BCUT2D eigenvalue weighted by atomic mass is 16.1. The second kappa shape index (κ2) is 8.12. The highest BCUT2D eigenvalue weighted by molar-refractivity contribution is 5.94. The van der Waals surface area contributed by atoms with E-state index in [-0.39, 0.29) is 11.5 Å². The van der Waals surface area contributed by atoms with Crippen LogP contribution in [0.2, 0.25) is 0 Å². The molecule has 0 bridgehead atoms. The third-order valence-electron chi connectivity index (χ3n) is 5.03. The number of hydrogen-bond donors (Lipinski definition) is 1. The first-order valence-electron chi connectivity index (χ1n) is 9.39. The lowest BCUT2D eigenvalue weighted by atomic mass is 10.0. The SMILES string of the molecule is O=C(NCCn1cnc(C2CCCC2)cc1=O)c1cccc(-n2cnnn2)c1. The second-order valence-electron chi connectivity index (χ2n) is 6.89. The van der Waals surface area contributed by atoms with Gasteiger partial charge in [0, 0.05) is 30.6 Å². The average molecular weight is 379 g/mol. The Bertz CT molecular complexity index is 1010. The molecule has 0 spiro atoms. The lowest BCUT2D eigenvalue weighted by Crippen LogP contribution is -2.31. The van der Waals surface area contributed by atoms with Crippen LogP contribution in [-0.2, 0) is 6.54 Å². The zero-order valence-corrected chi connectivity index (χ0v) is 15.4. The van der Waals surface area contributed by atoms with Crippen LogP contribution in [0.3, 0.4) is 0 Å². The number of aromatic nitrogens is 6. The van der Waals surface area contributed by atoms with Crippen molar-refractivity contribution in [2.45, 2.75) is 38.1 Å². The van der Waals surface area contributed by atoms with Gasteiger partial charge in [-0.2, -0.15) is 0 Å². The van der Waals surface area contributed by atoms with Crippen LogP contribution in [0.5, 0.6) is 0 Å². The largest absolute Gasteiger partial charge is 0.350 e. The fourth-order valence-electron chi connectivity index (χ4n) is 3.51. The van der Waals surface area contributed by atoms with Crippen molar-refractivity contribution in [3.05, 3.63) is 64.6 Å². The first-order valence-corrected chi connectivity index (χ1v) is 9.39. The molecule has 1 aromatic carbocycles. The Kier molecular flexibility index (Phi) is 5.22. The highest BCUT2D eigenvalue weighted by Crippen LogP contribution is 2.32. The summed E-state index contributed by atoms with van der Waals surface area (Å²) < 4.78 is 3.00. The fourth-order valence-corrected chi connectivity index (χ4v) is 3.51. The Labute approximate surface area is 161 Å². The van der Waals surface area contributed by atoms with Gasteiger partial charge >= 0.3 is 0 Å². The van der Waals surface area contributed by atoms with Crippen LogP contribution in [0.15, 0.2) is 47.8 Å². The molecule has 0 unspecified atom stereocenters. The lowest BCUT2D eigenvalue weighted by Gasteiger charge is -2.11.